The summed E-state index contributed by atoms with van der Waals surface area (Å²) in [5.41, 5.74) is 0.797. The molecular weight excluding hydrogens is 368 g/mol. The molecule has 0 radical (unpaired) electrons. The number of ether oxygens (including phenoxy) is 1. The minimum atomic E-state index is -0.744. The van der Waals surface area contributed by atoms with E-state index in [-0.39, 0.29) is 30.4 Å². The Morgan fingerprint density at radius 1 is 1.29 bits per heavy atom. The van der Waals surface area contributed by atoms with Crippen LogP contribution in [0.1, 0.15) is 27.9 Å². The third kappa shape index (κ3) is 3.91. The van der Waals surface area contributed by atoms with E-state index in [0.717, 1.165) is 4.57 Å². The fourth-order valence-electron chi connectivity index (χ4n) is 2.77. The van der Waals surface area contributed by atoms with E-state index in [1.807, 2.05) is 0 Å². The molecule has 3 rings (SSSR count). The van der Waals surface area contributed by atoms with Crippen LogP contribution in [0.3, 0.4) is 0 Å². The van der Waals surface area contributed by atoms with Gasteiger partial charge in [-0.2, -0.15) is 0 Å². The maximum absolute atomic E-state index is 12.6. The topological polar surface area (TPSA) is 131 Å². The number of carbonyl (C=O) groups excluding carboxylic acids is 4. The first kappa shape index (κ1) is 19.2. The Morgan fingerprint density at radius 3 is 2.64 bits per heavy atom. The van der Waals surface area contributed by atoms with Crippen molar-refractivity contribution in [1.82, 2.24) is 14.9 Å². The number of aromatic nitrogens is 2. The molecule has 0 spiro atoms. The van der Waals surface area contributed by atoms with Gasteiger partial charge in [0.25, 0.3) is 5.91 Å². The van der Waals surface area contributed by atoms with Crippen molar-refractivity contribution in [1.29, 1.82) is 0 Å². The van der Waals surface area contributed by atoms with Crippen molar-refractivity contribution >= 4 is 29.4 Å². The first-order chi connectivity index (χ1) is 13.4. The molecule has 1 aliphatic rings. The fraction of sp³-hybridized carbons (Fsp3) is 0.278. The number of benzene rings is 1. The standard InChI is InChI=1S/C18H18N4O6/c1-11(24)20-8-14-9-22(18(27)28-14)13-4-2-12(3-5-13)16(26)17-19-6-7-21(17)15(25)10-23/h2-7,14,23H,8-10H2,1H3,(H,20,24)/t14-/m0/s1. The van der Waals surface area contributed by atoms with E-state index in [4.69, 9.17) is 9.84 Å². The van der Waals surface area contributed by atoms with Crippen molar-refractivity contribution in [2.45, 2.75) is 13.0 Å². The third-order valence-corrected chi connectivity index (χ3v) is 4.14. The van der Waals surface area contributed by atoms with Crippen LogP contribution in [0.5, 0.6) is 0 Å². The van der Waals surface area contributed by atoms with Gasteiger partial charge in [0.1, 0.15) is 12.7 Å². The van der Waals surface area contributed by atoms with Gasteiger partial charge in [0.05, 0.1) is 13.1 Å². The molecule has 28 heavy (non-hydrogen) atoms. The zero-order valence-corrected chi connectivity index (χ0v) is 15.0. The molecule has 2 amide bonds. The highest BCUT2D eigenvalue weighted by Crippen LogP contribution is 2.22. The lowest BCUT2D eigenvalue weighted by Gasteiger charge is -2.13. The number of ketones is 1. The number of aliphatic hydroxyl groups excluding tert-OH is 1. The molecule has 1 saturated heterocycles. The molecule has 1 fully saturated rings. The average molecular weight is 386 g/mol. The summed E-state index contributed by atoms with van der Waals surface area (Å²) < 4.78 is 6.19. The second kappa shape index (κ2) is 8.01. The molecule has 1 aromatic heterocycles. The van der Waals surface area contributed by atoms with Gasteiger partial charge < -0.3 is 15.2 Å². The SMILES string of the molecule is CC(=O)NC[C@H]1CN(c2ccc(C(=O)c3nccn3C(=O)CO)cc2)C(=O)O1. The van der Waals surface area contributed by atoms with Gasteiger partial charge in [0, 0.05) is 30.6 Å². The van der Waals surface area contributed by atoms with Crippen LogP contribution in [0.4, 0.5) is 10.5 Å². The highest BCUT2D eigenvalue weighted by molar-refractivity contribution is 6.08. The highest BCUT2D eigenvalue weighted by Gasteiger charge is 2.32. The lowest BCUT2D eigenvalue weighted by atomic mass is 10.1. The largest absolute Gasteiger partial charge is 0.442 e. The minimum Gasteiger partial charge on any atom is -0.442 e. The van der Waals surface area contributed by atoms with E-state index in [0.29, 0.717) is 5.69 Å². The van der Waals surface area contributed by atoms with Crippen LogP contribution in [0.25, 0.3) is 0 Å². The summed E-state index contributed by atoms with van der Waals surface area (Å²) in [6.45, 7) is 1.12. The first-order valence-corrected chi connectivity index (χ1v) is 8.45. The number of anilines is 1. The van der Waals surface area contributed by atoms with Gasteiger partial charge in [0.15, 0.2) is 5.82 Å². The van der Waals surface area contributed by atoms with Gasteiger partial charge >= 0.3 is 6.09 Å². The molecule has 10 heteroatoms. The van der Waals surface area contributed by atoms with Gasteiger partial charge in [-0.3, -0.25) is 23.9 Å². The number of nitrogens with zero attached hydrogens (tertiary/aromatic N) is 3. The first-order valence-electron chi connectivity index (χ1n) is 8.45. The quantitative estimate of drug-likeness (QED) is 0.679. The Kier molecular flexibility index (Phi) is 5.50. The predicted molar refractivity (Wildman–Crippen MR) is 96.1 cm³/mol. The second-order valence-electron chi connectivity index (χ2n) is 6.10. The molecule has 146 valence electrons. The Balaban J connectivity index is 1.73. The van der Waals surface area contributed by atoms with Crippen LogP contribution < -0.4 is 10.2 Å². The number of aliphatic hydroxyl groups is 1. The van der Waals surface area contributed by atoms with Crippen LogP contribution in [0.15, 0.2) is 36.7 Å². The molecule has 0 saturated carbocycles. The molecular formula is C18H18N4O6. The van der Waals surface area contributed by atoms with Crippen molar-refractivity contribution < 1.29 is 29.0 Å². The number of nitrogens with one attached hydrogen (secondary N) is 1. The molecule has 1 atom stereocenters. The second-order valence-corrected chi connectivity index (χ2v) is 6.10. The van der Waals surface area contributed by atoms with Crippen LogP contribution >= 0.6 is 0 Å². The maximum Gasteiger partial charge on any atom is 0.414 e. The van der Waals surface area contributed by atoms with Crippen LogP contribution in [0, 0.1) is 0 Å². The predicted octanol–water partition coefficient (Wildman–Crippen LogP) is 0.208. The molecule has 0 bridgehead atoms. The van der Waals surface area contributed by atoms with Crippen molar-refractivity contribution in [2.75, 3.05) is 24.6 Å². The van der Waals surface area contributed by atoms with Gasteiger partial charge in [-0.05, 0) is 24.3 Å². The number of cyclic esters (lactones) is 1. The Morgan fingerprint density at radius 2 is 2.00 bits per heavy atom. The number of rotatable bonds is 6. The van der Waals surface area contributed by atoms with Crippen molar-refractivity contribution in [3.63, 3.8) is 0 Å². The zero-order chi connectivity index (χ0) is 20.3. The normalized spacial score (nSPS) is 16.0. The monoisotopic (exact) mass is 386 g/mol. The molecule has 10 nitrogen and oxygen atoms in total. The number of carbonyl (C=O) groups is 4. The zero-order valence-electron chi connectivity index (χ0n) is 15.0. The van der Waals surface area contributed by atoms with Crippen LogP contribution in [-0.4, -0.2) is 64.1 Å². The fourth-order valence-corrected chi connectivity index (χ4v) is 2.77. The van der Waals surface area contributed by atoms with E-state index in [1.54, 1.807) is 12.1 Å². The summed E-state index contributed by atoms with van der Waals surface area (Å²) in [5.74, 6) is -1.48. The van der Waals surface area contributed by atoms with Crippen molar-refractivity contribution in [3.8, 4) is 0 Å². The minimum absolute atomic E-state index is 0.109. The van der Waals surface area contributed by atoms with E-state index in [1.165, 1.54) is 36.4 Å². The van der Waals surface area contributed by atoms with Gasteiger partial charge in [-0.1, -0.05) is 0 Å². The smallest absolute Gasteiger partial charge is 0.414 e. The number of imidazole rings is 1. The highest BCUT2D eigenvalue weighted by atomic mass is 16.6. The Bertz CT molecular complexity index is 920. The molecule has 2 aromatic rings. The number of hydrogen-bond donors (Lipinski definition) is 2. The lowest BCUT2D eigenvalue weighted by molar-refractivity contribution is -0.119. The molecule has 1 aliphatic heterocycles. The summed E-state index contributed by atoms with van der Waals surface area (Å²) in [5, 5.41) is 11.6. The Labute approximate surface area is 159 Å². The molecule has 0 aliphatic carbocycles. The number of amides is 2. The summed E-state index contributed by atoms with van der Waals surface area (Å²) in [4.78, 5) is 52.5. The van der Waals surface area contributed by atoms with Crippen LogP contribution in [-0.2, 0) is 9.53 Å². The van der Waals surface area contributed by atoms with Crippen LogP contribution in [0.2, 0.25) is 0 Å². The summed E-state index contributed by atoms with van der Waals surface area (Å²) in [7, 11) is 0. The molecule has 1 aromatic carbocycles. The Hall–Kier alpha value is -3.53. The summed E-state index contributed by atoms with van der Waals surface area (Å²) in [6.07, 6.45) is 1.59. The van der Waals surface area contributed by atoms with Crippen molar-refractivity contribution in [3.05, 3.63) is 48.0 Å². The molecule has 0 unspecified atom stereocenters. The van der Waals surface area contributed by atoms with Gasteiger partial charge in [-0.15, -0.1) is 0 Å². The van der Waals surface area contributed by atoms with Gasteiger partial charge in [-0.25, -0.2) is 9.78 Å². The van der Waals surface area contributed by atoms with Gasteiger partial charge in [0.2, 0.25) is 11.7 Å². The van der Waals surface area contributed by atoms with E-state index >= 15 is 0 Å². The molecule has 2 N–H and O–H groups in total. The maximum atomic E-state index is 12.6. The lowest BCUT2D eigenvalue weighted by Crippen LogP contribution is -2.33. The summed E-state index contributed by atoms with van der Waals surface area (Å²) in [6, 6.07) is 6.18. The molecule has 2 heterocycles. The van der Waals surface area contributed by atoms with E-state index < -0.39 is 30.5 Å². The van der Waals surface area contributed by atoms with E-state index in [2.05, 4.69) is 10.3 Å². The number of hydrogen-bond acceptors (Lipinski definition) is 7. The van der Waals surface area contributed by atoms with Crippen molar-refractivity contribution in [2.24, 2.45) is 0 Å². The summed E-state index contributed by atoms with van der Waals surface area (Å²) >= 11 is 0. The third-order valence-electron chi connectivity index (χ3n) is 4.14. The average Bonchev–Trinajstić information content (AvgIpc) is 3.32. The van der Waals surface area contributed by atoms with E-state index in [9.17, 15) is 19.2 Å².